The Hall–Kier alpha value is -1.48. The highest BCUT2D eigenvalue weighted by molar-refractivity contribution is 7.89. The highest BCUT2D eigenvalue weighted by Crippen LogP contribution is 2.13. The summed E-state index contributed by atoms with van der Waals surface area (Å²) >= 11 is 0. The maximum atomic E-state index is 12.6. The van der Waals surface area contributed by atoms with Crippen LogP contribution in [0.4, 0.5) is 0 Å². The molecule has 142 valence electrons. The molecule has 1 unspecified atom stereocenters. The standard InChI is InChI=1S/C17H28N2O5S/c1-5-14(2)18-25(21,22)16-8-6-15(7-9-16)17(20)19(10-12-23-3)11-13-24-4/h6-9,14,18H,5,10-13H2,1-4H3. The van der Waals surface area contributed by atoms with Gasteiger partial charge in [-0.25, -0.2) is 13.1 Å². The molecule has 7 nitrogen and oxygen atoms in total. The number of carbonyl (C=O) groups excluding carboxylic acids is 1. The van der Waals surface area contributed by atoms with Crippen LogP contribution in [-0.4, -0.2) is 65.8 Å². The molecule has 0 heterocycles. The number of nitrogens with zero attached hydrogens (tertiary/aromatic N) is 1. The summed E-state index contributed by atoms with van der Waals surface area (Å²) in [5, 5.41) is 0. The first kappa shape index (κ1) is 21.6. The van der Waals surface area contributed by atoms with E-state index in [1.54, 1.807) is 26.0 Å². The molecule has 0 aliphatic rings. The Morgan fingerprint density at radius 3 is 2.08 bits per heavy atom. The molecule has 1 amide bonds. The van der Waals surface area contributed by atoms with E-state index in [9.17, 15) is 13.2 Å². The molecule has 0 radical (unpaired) electrons. The minimum atomic E-state index is -3.58. The first-order chi connectivity index (χ1) is 11.9. The lowest BCUT2D eigenvalue weighted by Crippen LogP contribution is -2.36. The molecule has 0 bridgehead atoms. The number of hydrogen-bond donors (Lipinski definition) is 1. The molecule has 0 aliphatic heterocycles. The van der Waals surface area contributed by atoms with Crippen molar-refractivity contribution in [2.45, 2.75) is 31.2 Å². The summed E-state index contributed by atoms with van der Waals surface area (Å²) < 4.78 is 37.2. The van der Waals surface area contributed by atoms with E-state index in [2.05, 4.69) is 4.72 Å². The van der Waals surface area contributed by atoms with Gasteiger partial charge in [-0.3, -0.25) is 4.79 Å². The van der Waals surface area contributed by atoms with Crippen LogP contribution in [0.3, 0.4) is 0 Å². The lowest BCUT2D eigenvalue weighted by molar-refractivity contribution is 0.0627. The molecule has 1 aromatic carbocycles. The van der Waals surface area contributed by atoms with Gasteiger partial charge < -0.3 is 14.4 Å². The molecule has 1 aromatic rings. The van der Waals surface area contributed by atoms with Crippen LogP contribution in [-0.2, 0) is 19.5 Å². The van der Waals surface area contributed by atoms with Crippen molar-refractivity contribution in [2.24, 2.45) is 0 Å². The Labute approximate surface area is 150 Å². The zero-order valence-corrected chi connectivity index (χ0v) is 16.1. The van der Waals surface area contributed by atoms with Crippen LogP contribution in [0.15, 0.2) is 29.2 Å². The molecule has 25 heavy (non-hydrogen) atoms. The molecule has 0 aliphatic carbocycles. The Kier molecular flexibility index (Phi) is 9.05. The number of sulfonamides is 1. The van der Waals surface area contributed by atoms with Crippen molar-refractivity contribution < 1.29 is 22.7 Å². The quantitative estimate of drug-likeness (QED) is 0.636. The summed E-state index contributed by atoms with van der Waals surface area (Å²) in [5.41, 5.74) is 0.426. The summed E-state index contributed by atoms with van der Waals surface area (Å²) in [6, 6.07) is 5.80. The van der Waals surface area contributed by atoms with Crippen LogP contribution in [0, 0.1) is 0 Å². The Balaban J connectivity index is 2.90. The molecule has 0 saturated carbocycles. The van der Waals surface area contributed by atoms with Gasteiger partial charge in [0.1, 0.15) is 0 Å². The van der Waals surface area contributed by atoms with Crippen LogP contribution in [0.2, 0.25) is 0 Å². The third-order valence-electron chi connectivity index (χ3n) is 3.80. The first-order valence-electron chi connectivity index (χ1n) is 8.25. The van der Waals surface area contributed by atoms with Crippen LogP contribution < -0.4 is 4.72 Å². The average Bonchev–Trinajstić information content (AvgIpc) is 2.61. The second kappa shape index (κ2) is 10.5. The largest absolute Gasteiger partial charge is 0.383 e. The molecule has 1 N–H and O–H groups in total. The number of ether oxygens (including phenoxy) is 2. The molecule has 0 saturated heterocycles. The Morgan fingerprint density at radius 1 is 1.12 bits per heavy atom. The second-order valence-corrected chi connectivity index (χ2v) is 7.45. The Bertz CT molecular complexity index is 623. The van der Waals surface area contributed by atoms with Crippen molar-refractivity contribution in [3.8, 4) is 0 Å². The van der Waals surface area contributed by atoms with Crippen LogP contribution in [0.5, 0.6) is 0 Å². The minimum Gasteiger partial charge on any atom is -0.383 e. The fraction of sp³-hybridized carbons (Fsp3) is 0.588. The minimum absolute atomic E-state index is 0.143. The van der Waals surface area contributed by atoms with Crippen molar-refractivity contribution in [1.82, 2.24) is 9.62 Å². The van der Waals surface area contributed by atoms with Gasteiger partial charge >= 0.3 is 0 Å². The fourth-order valence-corrected chi connectivity index (χ4v) is 3.42. The Morgan fingerprint density at radius 2 is 1.64 bits per heavy atom. The zero-order valence-electron chi connectivity index (χ0n) is 15.3. The highest BCUT2D eigenvalue weighted by Gasteiger charge is 2.19. The number of benzene rings is 1. The zero-order chi connectivity index (χ0) is 18.9. The molecule has 0 aromatic heterocycles. The van der Waals surface area contributed by atoms with Crippen molar-refractivity contribution in [2.75, 3.05) is 40.5 Å². The smallest absolute Gasteiger partial charge is 0.254 e. The lowest BCUT2D eigenvalue weighted by Gasteiger charge is -2.22. The SMILES string of the molecule is CCC(C)NS(=O)(=O)c1ccc(C(=O)N(CCOC)CCOC)cc1. The second-order valence-electron chi connectivity index (χ2n) is 5.73. The number of rotatable bonds is 11. The van der Waals surface area contributed by atoms with Gasteiger partial charge in [0, 0.05) is 38.9 Å². The predicted molar refractivity (Wildman–Crippen MR) is 96.2 cm³/mol. The summed E-state index contributed by atoms with van der Waals surface area (Å²) in [5.74, 6) is -0.187. The number of amides is 1. The van der Waals surface area contributed by atoms with Crippen molar-refractivity contribution in [1.29, 1.82) is 0 Å². The predicted octanol–water partition coefficient (Wildman–Crippen LogP) is 1.50. The lowest BCUT2D eigenvalue weighted by atomic mass is 10.2. The van der Waals surface area contributed by atoms with Crippen molar-refractivity contribution in [3.63, 3.8) is 0 Å². The van der Waals surface area contributed by atoms with Gasteiger partial charge in [-0.2, -0.15) is 0 Å². The topological polar surface area (TPSA) is 84.9 Å². The van der Waals surface area contributed by atoms with E-state index >= 15 is 0 Å². The average molecular weight is 372 g/mol. The van der Waals surface area contributed by atoms with E-state index in [1.807, 2.05) is 6.92 Å². The van der Waals surface area contributed by atoms with Gasteiger partial charge in [-0.15, -0.1) is 0 Å². The van der Waals surface area contributed by atoms with E-state index in [0.717, 1.165) is 0 Å². The number of nitrogens with one attached hydrogen (secondary N) is 1. The fourth-order valence-electron chi connectivity index (χ4n) is 2.09. The highest BCUT2D eigenvalue weighted by atomic mass is 32.2. The molecule has 1 atom stereocenters. The first-order valence-corrected chi connectivity index (χ1v) is 9.73. The molecule has 0 spiro atoms. The molecular weight excluding hydrogens is 344 g/mol. The van der Waals surface area contributed by atoms with Crippen molar-refractivity contribution in [3.05, 3.63) is 29.8 Å². The summed E-state index contributed by atoms with van der Waals surface area (Å²) in [4.78, 5) is 14.4. The third kappa shape index (κ3) is 6.74. The van der Waals surface area contributed by atoms with Crippen LogP contribution in [0.25, 0.3) is 0 Å². The molecule has 0 fully saturated rings. The molecular formula is C17H28N2O5S. The summed E-state index contributed by atoms with van der Waals surface area (Å²) in [6.07, 6.45) is 0.698. The molecule has 1 rings (SSSR count). The van der Waals surface area contributed by atoms with Gasteiger partial charge in [0.25, 0.3) is 5.91 Å². The number of hydrogen-bond acceptors (Lipinski definition) is 5. The van der Waals surface area contributed by atoms with E-state index < -0.39 is 10.0 Å². The van der Waals surface area contributed by atoms with E-state index in [-0.39, 0.29) is 16.8 Å². The van der Waals surface area contributed by atoms with E-state index in [4.69, 9.17) is 9.47 Å². The monoisotopic (exact) mass is 372 g/mol. The molecule has 8 heteroatoms. The maximum absolute atomic E-state index is 12.6. The normalized spacial score (nSPS) is 12.8. The van der Waals surface area contributed by atoms with E-state index in [0.29, 0.717) is 38.3 Å². The van der Waals surface area contributed by atoms with Gasteiger partial charge in [0.2, 0.25) is 10.0 Å². The van der Waals surface area contributed by atoms with Gasteiger partial charge in [0.15, 0.2) is 0 Å². The van der Waals surface area contributed by atoms with Gasteiger partial charge in [0.05, 0.1) is 18.1 Å². The van der Waals surface area contributed by atoms with Crippen LogP contribution in [0.1, 0.15) is 30.6 Å². The number of carbonyl (C=O) groups is 1. The number of methoxy groups -OCH3 is 2. The van der Waals surface area contributed by atoms with Crippen LogP contribution >= 0.6 is 0 Å². The third-order valence-corrected chi connectivity index (χ3v) is 5.40. The van der Waals surface area contributed by atoms with Gasteiger partial charge in [-0.05, 0) is 37.6 Å². The van der Waals surface area contributed by atoms with Gasteiger partial charge in [-0.1, -0.05) is 6.92 Å². The van der Waals surface area contributed by atoms with Crippen molar-refractivity contribution >= 4 is 15.9 Å². The summed E-state index contributed by atoms with van der Waals surface area (Å²) in [7, 11) is -0.433. The van der Waals surface area contributed by atoms with E-state index in [1.165, 1.54) is 24.3 Å². The summed E-state index contributed by atoms with van der Waals surface area (Å²) in [6.45, 7) is 5.42. The maximum Gasteiger partial charge on any atom is 0.254 e.